The first-order valence-corrected chi connectivity index (χ1v) is 10.9. The number of hydrogen-bond donors (Lipinski definition) is 0. The molecule has 0 saturated heterocycles. The molecule has 1 rings (SSSR count). The molecule has 0 heterocycles. The van der Waals surface area contributed by atoms with E-state index in [0.29, 0.717) is 0 Å². The van der Waals surface area contributed by atoms with E-state index < -0.39 is 5.47 Å². The van der Waals surface area contributed by atoms with Gasteiger partial charge in [-0.3, -0.25) is 0 Å². The summed E-state index contributed by atoms with van der Waals surface area (Å²) < 4.78 is 0. The lowest BCUT2D eigenvalue weighted by molar-refractivity contribution is 0.554. The summed E-state index contributed by atoms with van der Waals surface area (Å²) in [6.45, 7) is 20.4. The van der Waals surface area contributed by atoms with Crippen LogP contribution in [0.2, 0.25) is 0 Å². The van der Waals surface area contributed by atoms with Gasteiger partial charge in [0, 0.05) is 10.8 Å². The van der Waals surface area contributed by atoms with Crippen molar-refractivity contribution in [2.24, 2.45) is 0 Å². The molecular formula is C18H29PS2. The van der Waals surface area contributed by atoms with E-state index in [-0.39, 0.29) is 16.2 Å². The Hall–Kier alpha value is -0.0400. The number of benzene rings is 1. The lowest BCUT2D eigenvalue weighted by Crippen LogP contribution is -2.30. The molecule has 118 valence electrons. The van der Waals surface area contributed by atoms with Gasteiger partial charge in [-0.15, -0.1) is 0 Å². The molecule has 0 nitrogen and oxygen atoms in total. The van der Waals surface area contributed by atoms with Crippen molar-refractivity contribution < 1.29 is 0 Å². The Kier molecular flexibility index (Phi) is 5.31. The van der Waals surface area contributed by atoms with Crippen LogP contribution in [0.5, 0.6) is 0 Å². The van der Waals surface area contributed by atoms with Crippen molar-refractivity contribution in [3.63, 3.8) is 0 Å². The molecule has 0 fully saturated rings. The van der Waals surface area contributed by atoms with E-state index in [1.54, 1.807) is 0 Å². The van der Waals surface area contributed by atoms with E-state index in [2.05, 4.69) is 74.4 Å². The average molecular weight is 341 g/mol. The quantitative estimate of drug-likeness (QED) is 0.609. The highest BCUT2D eigenvalue weighted by molar-refractivity contribution is 8.28. The predicted molar refractivity (Wildman–Crippen MR) is 104 cm³/mol. The van der Waals surface area contributed by atoms with Crippen LogP contribution in [0, 0.1) is 0 Å². The molecule has 0 radical (unpaired) electrons. The van der Waals surface area contributed by atoms with Crippen molar-refractivity contribution >= 4 is 34.4 Å². The van der Waals surface area contributed by atoms with Crippen LogP contribution in [0.15, 0.2) is 12.1 Å². The zero-order valence-electron chi connectivity index (χ0n) is 14.9. The molecule has 3 heteroatoms. The van der Waals surface area contributed by atoms with E-state index in [4.69, 9.17) is 23.6 Å². The van der Waals surface area contributed by atoms with Gasteiger partial charge in [-0.2, -0.15) is 0 Å². The summed E-state index contributed by atoms with van der Waals surface area (Å²) in [6.07, 6.45) is 0. The highest BCUT2D eigenvalue weighted by Gasteiger charge is 2.29. The van der Waals surface area contributed by atoms with Crippen LogP contribution < -0.4 is 5.30 Å². The van der Waals surface area contributed by atoms with Crippen LogP contribution >= 0.6 is 5.47 Å². The second-order valence-corrected chi connectivity index (χ2v) is 12.8. The van der Waals surface area contributed by atoms with Crippen molar-refractivity contribution in [2.45, 2.75) is 78.6 Å². The van der Waals surface area contributed by atoms with Crippen LogP contribution in [0.4, 0.5) is 0 Å². The minimum absolute atomic E-state index is 0.0643. The van der Waals surface area contributed by atoms with E-state index in [0.717, 1.165) is 0 Å². The maximum absolute atomic E-state index is 5.57. The summed E-state index contributed by atoms with van der Waals surface area (Å²) in [4.78, 5) is 0. The zero-order valence-corrected chi connectivity index (χ0v) is 17.4. The summed E-state index contributed by atoms with van der Waals surface area (Å²) in [5, 5.41) is 1.25. The molecule has 0 aliphatic carbocycles. The molecule has 21 heavy (non-hydrogen) atoms. The monoisotopic (exact) mass is 340 g/mol. The van der Waals surface area contributed by atoms with E-state index >= 15 is 0 Å². The summed E-state index contributed by atoms with van der Waals surface area (Å²) in [7, 11) is 0. The maximum atomic E-state index is 5.57. The summed E-state index contributed by atoms with van der Waals surface area (Å²) in [5.74, 6) is 0. The lowest BCUT2D eigenvalue weighted by Gasteiger charge is -2.32. The Bertz CT molecular complexity index is 561. The Morgan fingerprint density at radius 2 is 1.00 bits per heavy atom. The van der Waals surface area contributed by atoms with Crippen molar-refractivity contribution in [3.05, 3.63) is 28.8 Å². The summed E-state index contributed by atoms with van der Waals surface area (Å²) in [6, 6.07) is 4.69. The largest absolute Gasteiger partial charge is 0.0561 e. The topological polar surface area (TPSA) is 0 Å². The third-order valence-corrected chi connectivity index (χ3v) is 5.72. The van der Waals surface area contributed by atoms with E-state index in [1.165, 1.54) is 22.0 Å². The molecule has 1 aromatic carbocycles. The molecule has 0 aliphatic heterocycles. The SMILES string of the molecule is CC(C)(C)c1cc(C(C)(C)C)c(P(=S)=S)c(C(C)(C)C)c1. The molecule has 0 bridgehead atoms. The fraction of sp³-hybridized carbons (Fsp3) is 0.667. The van der Waals surface area contributed by atoms with Gasteiger partial charge in [-0.1, -0.05) is 74.4 Å². The first-order valence-electron chi connectivity index (χ1n) is 7.49. The van der Waals surface area contributed by atoms with Gasteiger partial charge >= 0.3 is 0 Å². The normalized spacial score (nSPS) is 13.4. The van der Waals surface area contributed by atoms with Gasteiger partial charge in [0.2, 0.25) is 0 Å². The Morgan fingerprint density at radius 3 is 1.19 bits per heavy atom. The fourth-order valence-corrected chi connectivity index (χ4v) is 4.78. The lowest BCUT2D eigenvalue weighted by atomic mass is 9.75. The second kappa shape index (κ2) is 5.87. The van der Waals surface area contributed by atoms with Gasteiger partial charge in [-0.25, -0.2) is 0 Å². The van der Waals surface area contributed by atoms with Crippen LogP contribution in [0.1, 0.15) is 79.0 Å². The summed E-state index contributed by atoms with van der Waals surface area (Å²) in [5.41, 5.74) is 3.38. The Morgan fingerprint density at radius 1 is 0.667 bits per heavy atom. The molecule has 0 N–H and O–H groups in total. The molecule has 0 aliphatic rings. The third kappa shape index (κ3) is 4.47. The predicted octanol–water partition coefficient (Wildman–Crippen LogP) is 5.61. The molecule has 0 amide bonds. The second-order valence-electron chi connectivity index (χ2n) is 8.93. The average Bonchev–Trinajstić information content (AvgIpc) is 2.23. The third-order valence-electron chi connectivity index (χ3n) is 3.77. The highest BCUT2D eigenvalue weighted by Crippen LogP contribution is 2.36. The highest BCUT2D eigenvalue weighted by atomic mass is 32.7. The van der Waals surface area contributed by atoms with Crippen LogP contribution in [0.25, 0.3) is 0 Å². The van der Waals surface area contributed by atoms with Gasteiger partial charge in [0.25, 0.3) is 0 Å². The molecular weight excluding hydrogens is 311 g/mol. The van der Waals surface area contributed by atoms with Gasteiger partial charge in [0.1, 0.15) is 0 Å². The molecule has 0 atom stereocenters. The molecule has 0 saturated carbocycles. The summed E-state index contributed by atoms with van der Waals surface area (Å²) >= 11 is 11.1. The van der Waals surface area contributed by atoms with Crippen molar-refractivity contribution in [2.75, 3.05) is 0 Å². The molecule has 0 aromatic heterocycles. The maximum Gasteiger partial charge on any atom is 0.0426 e. The first-order chi connectivity index (χ1) is 9.15. The van der Waals surface area contributed by atoms with E-state index in [1.807, 2.05) is 0 Å². The minimum Gasteiger partial charge on any atom is -0.0561 e. The van der Waals surface area contributed by atoms with Gasteiger partial charge < -0.3 is 0 Å². The first kappa shape index (κ1) is 19.0. The molecule has 1 aromatic rings. The van der Waals surface area contributed by atoms with Crippen LogP contribution in [0.3, 0.4) is 0 Å². The molecule has 0 spiro atoms. The van der Waals surface area contributed by atoms with Crippen LogP contribution in [-0.2, 0) is 39.9 Å². The Labute approximate surface area is 141 Å². The number of hydrogen-bond acceptors (Lipinski definition) is 2. The van der Waals surface area contributed by atoms with Crippen molar-refractivity contribution in [1.29, 1.82) is 0 Å². The molecule has 0 unspecified atom stereocenters. The van der Waals surface area contributed by atoms with Gasteiger partial charge in [-0.05, 0) is 56.5 Å². The van der Waals surface area contributed by atoms with Gasteiger partial charge in [0.15, 0.2) is 0 Å². The smallest absolute Gasteiger partial charge is 0.0426 e. The van der Waals surface area contributed by atoms with Gasteiger partial charge in [0.05, 0.1) is 0 Å². The van der Waals surface area contributed by atoms with Crippen molar-refractivity contribution in [3.8, 4) is 0 Å². The fourth-order valence-electron chi connectivity index (χ4n) is 2.41. The standard InChI is InChI=1S/C18H29PS2/c1-16(2,3)12-10-13(17(4,5)6)15(19(20)21)14(11-12)18(7,8)9/h10-11H,1-9H3. The van der Waals surface area contributed by atoms with E-state index in [9.17, 15) is 0 Å². The Balaban J connectivity index is 3.94. The minimum atomic E-state index is -0.947. The zero-order chi connectivity index (χ0) is 16.8. The number of rotatable bonds is 1. The van der Waals surface area contributed by atoms with Crippen LogP contribution in [-0.4, -0.2) is 0 Å². The van der Waals surface area contributed by atoms with Crippen molar-refractivity contribution in [1.82, 2.24) is 0 Å².